The van der Waals surface area contributed by atoms with Crippen LogP contribution in [0.3, 0.4) is 0 Å². The largest absolute Gasteiger partial charge is 0.342 e. The molecular weight excluding hydrogens is 322 g/mol. The quantitative estimate of drug-likeness (QED) is 0.850. The second-order valence-electron chi connectivity index (χ2n) is 7.57. The standard InChI is InChI=1S/C22H27N3O/c26-22(17-24-13-8-21(16-24)18-4-2-1-3-5-18)25-14-9-20(10-15-25)19-6-11-23-12-7-19/h1-7,11-12,20-21H,8-10,13-17H2. The minimum atomic E-state index is 0.298. The van der Waals surface area contributed by atoms with Crippen molar-refractivity contribution in [3.05, 3.63) is 66.0 Å². The molecule has 2 fully saturated rings. The number of hydrogen-bond donors (Lipinski definition) is 0. The molecule has 0 N–H and O–H groups in total. The maximum atomic E-state index is 12.7. The van der Waals surface area contributed by atoms with Gasteiger partial charge in [-0.3, -0.25) is 14.7 Å². The van der Waals surface area contributed by atoms with Gasteiger partial charge >= 0.3 is 0 Å². The molecule has 0 saturated carbocycles. The van der Waals surface area contributed by atoms with Crippen LogP contribution in [0.5, 0.6) is 0 Å². The van der Waals surface area contributed by atoms with Gasteiger partial charge in [-0.05, 0) is 60.9 Å². The van der Waals surface area contributed by atoms with Crippen LogP contribution < -0.4 is 0 Å². The molecule has 1 atom stereocenters. The lowest BCUT2D eigenvalue weighted by molar-refractivity contribution is -0.133. The van der Waals surface area contributed by atoms with E-state index < -0.39 is 0 Å². The predicted octanol–water partition coefficient (Wildman–Crippen LogP) is 3.28. The fourth-order valence-electron chi connectivity index (χ4n) is 4.36. The molecule has 2 saturated heterocycles. The number of benzene rings is 1. The van der Waals surface area contributed by atoms with Crippen molar-refractivity contribution >= 4 is 5.91 Å². The fourth-order valence-corrected chi connectivity index (χ4v) is 4.36. The maximum Gasteiger partial charge on any atom is 0.236 e. The minimum Gasteiger partial charge on any atom is -0.342 e. The summed E-state index contributed by atoms with van der Waals surface area (Å²) < 4.78 is 0. The number of aromatic nitrogens is 1. The van der Waals surface area contributed by atoms with Crippen LogP contribution in [0.1, 0.15) is 42.2 Å². The van der Waals surface area contributed by atoms with E-state index in [9.17, 15) is 4.79 Å². The van der Waals surface area contributed by atoms with Gasteiger partial charge in [0.15, 0.2) is 0 Å². The highest BCUT2D eigenvalue weighted by atomic mass is 16.2. The van der Waals surface area contributed by atoms with E-state index in [1.165, 1.54) is 11.1 Å². The molecule has 0 bridgehead atoms. The molecule has 26 heavy (non-hydrogen) atoms. The first-order valence-electron chi connectivity index (χ1n) is 9.74. The number of pyridine rings is 1. The molecule has 1 aromatic carbocycles. The van der Waals surface area contributed by atoms with Crippen LogP contribution in [-0.2, 0) is 4.79 Å². The summed E-state index contributed by atoms with van der Waals surface area (Å²) in [6.07, 6.45) is 7.00. The van der Waals surface area contributed by atoms with E-state index in [2.05, 4.69) is 57.2 Å². The van der Waals surface area contributed by atoms with Crippen molar-refractivity contribution < 1.29 is 4.79 Å². The molecule has 1 amide bonds. The summed E-state index contributed by atoms with van der Waals surface area (Å²) in [6, 6.07) is 14.9. The van der Waals surface area contributed by atoms with Gasteiger partial charge in [-0.2, -0.15) is 0 Å². The van der Waals surface area contributed by atoms with Crippen LogP contribution in [-0.4, -0.2) is 53.4 Å². The molecule has 4 nitrogen and oxygen atoms in total. The average molecular weight is 349 g/mol. The zero-order valence-corrected chi connectivity index (χ0v) is 15.3. The van der Waals surface area contributed by atoms with E-state index in [4.69, 9.17) is 0 Å². The van der Waals surface area contributed by atoms with Gasteiger partial charge < -0.3 is 4.90 Å². The Bertz CT molecular complexity index is 711. The number of likely N-dealkylation sites (tertiary alicyclic amines) is 2. The summed E-state index contributed by atoms with van der Waals surface area (Å²) >= 11 is 0. The van der Waals surface area contributed by atoms with Crippen molar-refractivity contribution in [2.45, 2.75) is 31.1 Å². The molecule has 2 aliphatic heterocycles. The molecule has 0 spiro atoms. The average Bonchev–Trinajstić information content (AvgIpc) is 3.18. The highest BCUT2D eigenvalue weighted by molar-refractivity contribution is 5.78. The molecule has 3 heterocycles. The summed E-state index contributed by atoms with van der Waals surface area (Å²) in [6.45, 7) is 4.36. The van der Waals surface area contributed by atoms with Crippen molar-refractivity contribution in [1.29, 1.82) is 0 Å². The Balaban J connectivity index is 1.26. The van der Waals surface area contributed by atoms with E-state index >= 15 is 0 Å². The highest BCUT2D eigenvalue weighted by Gasteiger charge is 2.28. The van der Waals surface area contributed by atoms with Gasteiger partial charge in [0.2, 0.25) is 5.91 Å². The molecule has 4 heteroatoms. The third-order valence-corrected chi connectivity index (χ3v) is 5.93. The van der Waals surface area contributed by atoms with Gasteiger partial charge in [-0.15, -0.1) is 0 Å². The highest BCUT2D eigenvalue weighted by Crippen LogP contribution is 2.29. The lowest BCUT2D eigenvalue weighted by atomic mass is 9.90. The van der Waals surface area contributed by atoms with E-state index in [0.29, 0.717) is 24.3 Å². The third kappa shape index (κ3) is 3.96. The first-order valence-corrected chi connectivity index (χ1v) is 9.74. The normalized spacial score (nSPS) is 21.8. The second kappa shape index (κ2) is 8.00. The van der Waals surface area contributed by atoms with E-state index in [1.807, 2.05) is 12.4 Å². The summed E-state index contributed by atoms with van der Waals surface area (Å²) in [5, 5.41) is 0. The van der Waals surface area contributed by atoms with Crippen LogP contribution in [0.4, 0.5) is 0 Å². The smallest absolute Gasteiger partial charge is 0.236 e. The lowest BCUT2D eigenvalue weighted by Crippen LogP contribution is -2.43. The number of carbonyl (C=O) groups is 1. The Hall–Kier alpha value is -2.20. The fraction of sp³-hybridized carbons (Fsp3) is 0.455. The van der Waals surface area contributed by atoms with E-state index in [-0.39, 0.29) is 0 Å². The SMILES string of the molecule is O=C(CN1CCC(c2ccccc2)C1)N1CCC(c2ccncc2)CC1. The van der Waals surface area contributed by atoms with Gasteiger partial charge in [-0.25, -0.2) is 0 Å². The van der Waals surface area contributed by atoms with Crippen molar-refractivity contribution in [2.75, 3.05) is 32.7 Å². The molecule has 136 valence electrons. The molecular formula is C22H27N3O. The number of carbonyl (C=O) groups excluding carboxylic acids is 1. The van der Waals surface area contributed by atoms with Gasteiger partial charge in [0.05, 0.1) is 6.54 Å². The molecule has 1 unspecified atom stereocenters. The molecule has 2 aromatic rings. The zero-order valence-electron chi connectivity index (χ0n) is 15.3. The Kier molecular flexibility index (Phi) is 5.30. The number of hydrogen-bond acceptors (Lipinski definition) is 3. The van der Waals surface area contributed by atoms with Crippen molar-refractivity contribution in [3.63, 3.8) is 0 Å². The monoisotopic (exact) mass is 349 g/mol. The Labute approximate surface area is 155 Å². The first-order chi connectivity index (χ1) is 12.8. The summed E-state index contributed by atoms with van der Waals surface area (Å²) in [5.41, 5.74) is 2.76. The maximum absolute atomic E-state index is 12.7. The zero-order chi connectivity index (χ0) is 17.8. The summed E-state index contributed by atoms with van der Waals surface area (Å²) in [7, 11) is 0. The van der Waals surface area contributed by atoms with Gasteiger partial charge in [0.25, 0.3) is 0 Å². The lowest BCUT2D eigenvalue weighted by Gasteiger charge is -2.33. The predicted molar refractivity (Wildman–Crippen MR) is 103 cm³/mol. The number of piperidine rings is 1. The minimum absolute atomic E-state index is 0.298. The Morgan fingerprint density at radius 2 is 1.54 bits per heavy atom. The first kappa shape index (κ1) is 17.2. The van der Waals surface area contributed by atoms with Crippen LogP contribution in [0.15, 0.2) is 54.9 Å². The van der Waals surface area contributed by atoms with Crippen LogP contribution in [0.2, 0.25) is 0 Å². The number of rotatable bonds is 4. The van der Waals surface area contributed by atoms with Gasteiger partial charge in [-0.1, -0.05) is 30.3 Å². The number of nitrogens with zero attached hydrogens (tertiary/aromatic N) is 3. The molecule has 2 aliphatic rings. The van der Waals surface area contributed by atoms with Crippen LogP contribution in [0.25, 0.3) is 0 Å². The summed E-state index contributed by atoms with van der Waals surface area (Å²) in [5.74, 6) is 1.43. The van der Waals surface area contributed by atoms with Crippen LogP contribution >= 0.6 is 0 Å². The van der Waals surface area contributed by atoms with Crippen molar-refractivity contribution in [3.8, 4) is 0 Å². The summed E-state index contributed by atoms with van der Waals surface area (Å²) in [4.78, 5) is 21.2. The van der Waals surface area contributed by atoms with Crippen molar-refractivity contribution in [1.82, 2.24) is 14.8 Å². The Morgan fingerprint density at radius 1 is 0.885 bits per heavy atom. The van der Waals surface area contributed by atoms with Crippen molar-refractivity contribution in [2.24, 2.45) is 0 Å². The van der Waals surface area contributed by atoms with Gasteiger partial charge in [0.1, 0.15) is 0 Å². The van der Waals surface area contributed by atoms with E-state index in [1.54, 1.807) is 0 Å². The molecule has 0 aliphatic carbocycles. The second-order valence-corrected chi connectivity index (χ2v) is 7.57. The molecule has 4 rings (SSSR count). The topological polar surface area (TPSA) is 36.4 Å². The Morgan fingerprint density at radius 3 is 2.27 bits per heavy atom. The number of amides is 1. The van der Waals surface area contributed by atoms with Gasteiger partial charge in [0, 0.05) is 32.0 Å². The molecule has 0 radical (unpaired) electrons. The third-order valence-electron chi connectivity index (χ3n) is 5.93. The van der Waals surface area contributed by atoms with Crippen LogP contribution in [0, 0.1) is 0 Å². The van der Waals surface area contributed by atoms with E-state index in [0.717, 1.165) is 45.4 Å². The molecule has 1 aromatic heterocycles.